The molecule has 128 valence electrons. The Hall–Kier alpha value is -1.85. The Morgan fingerprint density at radius 1 is 1.38 bits per heavy atom. The van der Waals surface area contributed by atoms with Gasteiger partial charge in [0.05, 0.1) is 11.7 Å². The summed E-state index contributed by atoms with van der Waals surface area (Å²) in [5, 5.41) is 8.63. The highest BCUT2D eigenvalue weighted by Gasteiger charge is 2.40. The molecule has 2 aromatic rings. The molecule has 1 saturated heterocycles. The standard InChI is InChI=1S/C18H23ClN4O/c1-12(9-13-5-4-6-14(19)10-13)21-15-11-17(24)22(2)18(15)16-7-8-20-23(16)3/h4-8,10,12,15,18,21H,9,11H2,1-3H3/t12-,15-,18-/m1/s1. The molecule has 1 aromatic heterocycles. The van der Waals surface area contributed by atoms with E-state index < -0.39 is 0 Å². The van der Waals surface area contributed by atoms with E-state index in [1.807, 2.05) is 47.9 Å². The van der Waals surface area contributed by atoms with Crippen molar-refractivity contribution in [2.24, 2.45) is 7.05 Å². The van der Waals surface area contributed by atoms with Crippen LogP contribution in [0.3, 0.4) is 0 Å². The minimum Gasteiger partial charge on any atom is -0.336 e. The van der Waals surface area contributed by atoms with E-state index in [9.17, 15) is 4.79 Å². The maximum atomic E-state index is 12.2. The number of nitrogens with zero attached hydrogens (tertiary/aromatic N) is 3. The lowest BCUT2D eigenvalue weighted by molar-refractivity contribution is -0.127. The van der Waals surface area contributed by atoms with Gasteiger partial charge in [-0.3, -0.25) is 9.48 Å². The third-order valence-electron chi connectivity index (χ3n) is 4.68. The molecule has 0 radical (unpaired) electrons. The summed E-state index contributed by atoms with van der Waals surface area (Å²) in [5.74, 6) is 0.161. The molecule has 0 aliphatic carbocycles. The second-order valence-electron chi connectivity index (χ2n) is 6.54. The van der Waals surface area contributed by atoms with E-state index in [-0.39, 0.29) is 24.0 Å². The van der Waals surface area contributed by atoms with E-state index in [1.54, 1.807) is 6.20 Å². The molecule has 3 rings (SSSR count). The van der Waals surface area contributed by atoms with Crippen molar-refractivity contribution in [1.82, 2.24) is 20.0 Å². The zero-order valence-electron chi connectivity index (χ0n) is 14.2. The number of nitrogens with one attached hydrogen (secondary N) is 1. The van der Waals surface area contributed by atoms with Gasteiger partial charge in [-0.15, -0.1) is 0 Å². The van der Waals surface area contributed by atoms with Crippen LogP contribution < -0.4 is 5.32 Å². The molecule has 3 atom stereocenters. The zero-order valence-corrected chi connectivity index (χ0v) is 15.0. The van der Waals surface area contributed by atoms with Gasteiger partial charge < -0.3 is 10.2 Å². The Kier molecular flexibility index (Phi) is 4.92. The van der Waals surface area contributed by atoms with E-state index in [0.717, 1.165) is 17.1 Å². The number of rotatable bonds is 5. The summed E-state index contributed by atoms with van der Waals surface area (Å²) in [7, 11) is 3.78. The molecule has 0 spiro atoms. The van der Waals surface area contributed by atoms with E-state index in [4.69, 9.17) is 11.6 Å². The molecule has 1 aliphatic heterocycles. The smallest absolute Gasteiger partial charge is 0.224 e. The number of carbonyl (C=O) groups excluding carboxylic acids is 1. The SMILES string of the molecule is C[C@H](Cc1cccc(Cl)c1)N[C@@H]1CC(=O)N(C)[C@H]1c1ccnn1C. The van der Waals surface area contributed by atoms with Crippen LogP contribution in [-0.4, -0.2) is 39.7 Å². The first-order chi connectivity index (χ1) is 11.5. The first-order valence-corrected chi connectivity index (χ1v) is 8.57. The van der Waals surface area contributed by atoms with Crippen LogP contribution in [0.4, 0.5) is 0 Å². The summed E-state index contributed by atoms with van der Waals surface area (Å²) in [6, 6.07) is 10.2. The van der Waals surface area contributed by atoms with Gasteiger partial charge in [0, 0.05) is 43.8 Å². The van der Waals surface area contributed by atoms with Crippen LogP contribution in [0.25, 0.3) is 0 Å². The number of likely N-dealkylation sites (tertiary alicyclic amines) is 1. The molecule has 0 saturated carbocycles. The van der Waals surface area contributed by atoms with E-state index >= 15 is 0 Å². The second kappa shape index (κ2) is 6.95. The Morgan fingerprint density at radius 2 is 2.17 bits per heavy atom. The largest absolute Gasteiger partial charge is 0.336 e. The topological polar surface area (TPSA) is 50.2 Å². The van der Waals surface area contributed by atoms with Gasteiger partial charge >= 0.3 is 0 Å². The first-order valence-electron chi connectivity index (χ1n) is 8.19. The van der Waals surface area contributed by atoms with Gasteiger partial charge in [0.2, 0.25) is 5.91 Å². The highest BCUT2D eigenvalue weighted by molar-refractivity contribution is 6.30. The van der Waals surface area contributed by atoms with Crippen molar-refractivity contribution in [3.63, 3.8) is 0 Å². The Labute approximate surface area is 147 Å². The van der Waals surface area contributed by atoms with Crippen molar-refractivity contribution in [3.8, 4) is 0 Å². The van der Waals surface area contributed by atoms with Crippen molar-refractivity contribution in [1.29, 1.82) is 0 Å². The van der Waals surface area contributed by atoms with E-state index in [1.165, 1.54) is 5.56 Å². The van der Waals surface area contributed by atoms with Gasteiger partial charge in [-0.05, 0) is 37.1 Å². The lowest BCUT2D eigenvalue weighted by Gasteiger charge is -2.28. The normalized spacial score (nSPS) is 22.2. The lowest BCUT2D eigenvalue weighted by Crippen LogP contribution is -2.41. The summed E-state index contributed by atoms with van der Waals surface area (Å²) in [6.45, 7) is 2.14. The molecule has 6 heteroatoms. The third-order valence-corrected chi connectivity index (χ3v) is 4.91. The first kappa shape index (κ1) is 17.0. The number of likely N-dealkylation sites (N-methyl/N-ethyl adjacent to an activating group) is 1. The molecule has 1 aromatic carbocycles. The van der Waals surface area contributed by atoms with Gasteiger partial charge in [0.1, 0.15) is 0 Å². The minimum atomic E-state index is 0.00631. The number of aromatic nitrogens is 2. The molecule has 1 N–H and O–H groups in total. The molecular formula is C18H23ClN4O. The quantitative estimate of drug-likeness (QED) is 0.905. The minimum absolute atomic E-state index is 0.00631. The summed E-state index contributed by atoms with van der Waals surface area (Å²) in [6.07, 6.45) is 3.15. The third kappa shape index (κ3) is 3.47. The highest BCUT2D eigenvalue weighted by Crippen LogP contribution is 2.31. The number of hydrogen-bond donors (Lipinski definition) is 1. The fourth-order valence-electron chi connectivity index (χ4n) is 3.54. The van der Waals surface area contributed by atoms with Crippen molar-refractivity contribution in [3.05, 3.63) is 52.8 Å². The predicted molar refractivity (Wildman–Crippen MR) is 94.9 cm³/mol. The number of carbonyl (C=O) groups is 1. The van der Waals surface area contributed by atoms with Crippen molar-refractivity contribution >= 4 is 17.5 Å². The van der Waals surface area contributed by atoms with E-state index in [2.05, 4.69) is 23.4 Å². The van der Waals surface area contributed by atoms with E-state index in [0.29, 0.717) is 6.42 Å². The van der Waals surface area contributed by atoms with Crippen molar-refractivity contribution in [2.75, 3.05) is 7.05 Å². The summed E-state index contributed by atoms with van der Waals surface area (Å²) >= 11 is 6.06. The van der Waals surface area contributed by atoms with Crippen LogP contribution in [0.2, 0.25) is 5.02 Å². The molecule has 1 aliphatic rings. The maximum absolute atomic E-state index is 12.2. The summed E-state index contributed by atoms with van der Waals surface area (Å²) < 4.78 is 1.84. The van der Waals surface area contributed by atoms with Crippen LogP contribution in [-0.2, 0) is 18.3 Å². The Balaban J connectivity index is 1.72. The highest BCUT2D eigenvalue weighted by atomic mass is 35.5. The number of aryl methyl sites for hydroxylation is 1. The predicted octanol–water partition coefficient (Wildman–Crippen LogP) is 2.57. The van der Waals surface area contributed by atoms with Gasteiger partial charge in [-0.1, -0.05) is 23.7 Å². The number of halogens is 1. The van der Waals surface area contributed by atoms with Crippen LogP contribution in [0.1, 0.15) is 30.6 Å². The average Bonchev–Trinajstić information content (AvgIpc) is 3.03. The van der Waals surface area contributed by atoms with Crippen molar-refractivity contribution in [2.45, 2.75) is 37.9 Å². The number of hydrogen-bond acceptors (Lipinski definition) is 3. The zero-order chi connectivity index (χ0) is 17.3. The maximum Gasteiger partial charge on any atom is 0.224 e. The number of amides is 1. The van der Waals surface area contributed by atoms with Crippen molar-refractivity contribution < 1.29 is 4.79 Å². The van der Waals surface area contributed by atoms with Gasteiger partial charge in [0.25, 0.3) is 0 Å². The monoisotopic (exact) mass is 346 g/mol. The number of benzene rings is 1. The fourth-order valence-corrected chi connectivity index (χ4v) is 3.75. The van der Waals surface area contributed by atoms with Crippen LogP contribution in [0.5, 0.6) is 0 Å². The Morgan fingerprint density at radius 3 is 2.83 bits per heavy atom. The summed E-state index contributed by atoms with van der Waals surface area (Å²) in [4.78, 5) is 14.0. The molecular weight excluding hydrogens is 324 g/mol. The van der Waals surface area contributed by atoms with Crippen LogP contribution in [0.15, 0.2) is 36.5 Å². The lowest BCUT2D eigenvalue weighted by atomic mass is 10.0. The molecule has 5 nitrogen and oxygen atoms in total. The second-order valence-corrected chi connectivity index (χ2v) is 6.98. The van der Waals surface area contributed by atoms with Crippen LogP contribution in [0, 0.1) is 0 Å². The molecule has 24 heavy (non-hydrogen) atoms. The van der Waals surface area contributed by atoms with Gasteiger partial charge in [-0.25, -0.2) is 0 Å². The average molecular weight is 347 g/mol. The summed E-state index contributed by atoms with van der Waals surface area (Å²) in [5.41, 5.74) is 2.24. The fraction of sp³-hybridized carbons (Fsp3) is 0.444. The van der Waals surface area contributed by atoms with Gasteiger partial charge in [-0.2, -0.15) is 5.10 Å². The van der Waals surface area contributed by atoms with Crippen LogP contribution >= 0.6 is 11.6 Å². The molecule has 1 amide bonds. The molecule has 1 fully saturated rings. The molecule has 2 heterocycles. The molecule has 0 bridgehead atoms. The van der Waals surface area contributed by atoms with Gasteiger partial charge in [0.15, 0.2) is 0 Å². The Bertz CT molecular complexity index is 729. The molecule has 0 unspecified atom stereocenters.